The van der Waals surface area contributed by atoms with Gasteiger partial charge < -0.3 is 5.32 Å². The molecule has 0 saturated heterocycles. The van der Waals surface area contributed by atoms with Crippen LogP contribution in [0.2, 0.25) is 0 Å². The van der Waals surface area contributed by atoms with Gasteiger partial charge in [-0.2, -0.15) is 8.78 Å². The van der Waals surface area contributed by atoms with Crippen LogP contribution in [-0.2, 0) is 19.7 Å². The van der Waals surface area contributed by atoms with E-state index in [0.29, 0.717) is 5.69 Å². The van der Waals surface area contributed by atoms with Gasteiger partial charge in [0.25, 0.3) is 0 Å². The summed E-state index contributed by atoms with van der Waals surface area (Å²) in [6.07, 6.45) is 1.12. The molecule has 9 heteroatoms. The Labute approximate surface area is 123 Å². The molecule has 0 heterocycles. The van der Waals surface area contributed by atoms with E-state index >= 15 is 0 Å². The monoisotopic (exact) mass is 341 g/mol. The molecule has 0 aliphatic rings. The molecule has 1 aromatic rings. The minimum absolute atomic E-state index is 0.104. The number of hydrogen-bond acceptors (Lipinski definition) is 5. The highest BCUT2D eigenvalue weighted by Gasteiger charge is 2.30. The maximum atomic E-state index is 12.4. The molecule has 0 aromatic heterocycles. The molecule has 0 unspecified atom stereocenters. The molecule has 0 saturated carbocycles. The Balaban J connectivity index is 2.87. The van der Waals surface area contributed by atoms with Crippen LogP contribution >= 0.6 is 0 Å². The maximum absolute atomic E-state index is 12.4. The van der Waals surface area contributed by atoms with Gasteiger partial charge in [-0.15, -0.1) is 0 Å². The van der Waals surface area contributed by atoms with Gasteiger partial charge in [0.15, 0.2) is 9.84 Å². The first-order valence-electron chi connectivity index (χ1n) is 5.93. The number of alkyl halides is 2. The summed E-state index contributed by atoms with van der Waals surface area (Å²) in [7, 11) is -7.89. The Morgan fingerprint density at radius 1 is 1.10 bits per heavy atom. The highest BCUT2D eigenvalue weighted by Crippen LogP contribution is 2.21. The molecule has 0 bridgehead atoms. The van der Waals surface area contributed by atoms with Crippen molar-refractivity contribution < 1.29 is 25.6 Å². The quantitative estimate of drug-likeness (QED) is 0.855. The van der Waals surface area contributed by atoms with Crippen LogP contribution in [0.25, 0.3) is 0 Å². The van der Waals surface area contributed by atoms with Crippen LogP contribution in [0.15, 0.2) is 29.2 Å². The molecular weight excluding hydrogens is 324 g/mol. The van der Waals surface area contributed by atoms with Crippen LogP contribution in [0, 0.1) is 0 Å². The van der Waals surface area contributed by atoms with E-state index < -0.39 is 35.1 Å². The Kier molecular flexibility index (Phi) is 4.99. The summed E-state index contributed by atoms with van der Waals surface area (Å²) in [5.41, 5.74) is 0.444. The van der Waals surface area contributed by atoms with E-state index in [1.54, 1.807) is 13.8 Å². The van der Waals surface area contributed by atoms with Crippen LogP contribution in [0.1, 0.15) is 13.8 Å². The fourth-order valence-corrected chi connectivity index (χ4v) is 2.37. The van der Waals surface area contributed by atoms with Crippen molar-refractivity contribution in [3.63, 3.8) is 0 Å². The average molecular weight is 341 g/mol. The normalized spacial score (nSPS) is 13.4. The van der Waals surface area contributed by atoms with Crippen molar-refractivity contribution in [2.24, 2.45) is 0 Å². The van der Waals surface area contributed by atoms with Crippen molar-refractivity contribution in [1.29, 1.82) is 0 Å². The lowest BCUT2D eigenvalue weighted by atomic mass is 10.2. The van der Waals surface area contributed by atoms with Crippen molar-refractivity contribution in [3.8, 4) is 0 Å². The van der Waals surface area contributed by atoms with Gasteiger partial charge in [0, 0.05) is 18.5 Å². The molecule has 0 aliphatic carbocycles. The largest absolute Gasteiger partial charge is 0.383 e. The maximum Gasteiger partial charge on any atom is 0.341 e. The molecule has 0 amide bonds. The summed E-state index contributed by atoms with van der Waals surface area (Å²) in [5, 5.41) is 2.84. The number of rotatable bonds is 6. The number of nitrogens with one attached hydrogen (secondary N) is 1. The second-order valence-corrected chi connectivity index (χ2v) is 9.78. The molecule has 5 nitrogen and oxygen atoms in total. The third-order valence-corrected chi connectivity index (χ3v) is 6.69. The van der Waals surface area contributed by atoms with E-state index in [4.69, 9.17) is 0 Å². The zero-order valence-corrected chi connectivity index (χ0v) is 13.4. The van der Waals surface area contributed by atoms with Gasteiger partial charge >= 0.3 is 5.76 Å². The van der Waals surface area contributed by atoms with Gasteiger partial charge in [0.05, 0.1) is 9.64 Å². The van der Waals surface area contributed by atoms with Crippen molar-refractivity contribution in [2.75, 3.05) is 18.1 Å². The minimum Gasteiger partial charge on any atom is -0.383 e. The summed E-state index contributed by atoms with van der Waals surface area (Å²) in [6, 6.07) is 4.73. The molecular formula is C12H17F2NO4S2. The topological polar surface area (TPSA) is 80.3 Å². The smallest absolute Gasteiger partial charge is 0.341 e. The van der Waals surface area contributed by atoms with Crippen LogP contribution in [0.4, 0.5) is 14.5 Å². The lowest BCUT2D eigenvalue weighted by Gasteiger charge is -2.23. The number of benzene rings is 1. The molecule has 0 aliphatic heterocycles. The van der Waals surface area contributed by atoms with E-state index in [1.165, 1.54) is 12.1 Å². The summed E-state index contributed by atoms with van der Waals surface area (Å²) >= 11 is 0. The van der Waals surface area contributed by atoms with Gasteiger partial charge in [-0.25, -0.2) is 16.8 Å². The van der Waals surface area contributed by atoms with Gasteiger partial charge in [-0.3, -0.25) is 0 Å². The van der Waals surface area contributed by atoms with Crippen molar-refractivity contribution in [1.82, 2.24) is 0 Å². The molecule has 0 radical (unpaired) electrons. The minimum atomic E-state index is -4.62. The lowest BCUT2D eigenvalue weighted by Crippen LogP contribution is -2.38. The third-order valence-electron chi connectivity index (χ3n) is 3.14. The van der Waals surface area contributed by atoms with Gasteiger partial charge in [-0.1, -0.05) is 0 Å². The Morgan fingerprint density at radius 2 is 1.57 bits per heavy atom. The van der Waals surface area contributed by atoms with Gasteiger partial charge in [-0.05, 0) is 38.1 Å². The van der Waals surface area contributed by atoms with Crippen molar-refractivity contribution in [3.05, 3.63) is 24.3 Å². The van der Waals surface area contributed by atoms with Gasteiger partial charge in [0.1, 0.15) is 0 Å². The summed E-state index contributed by atoms with van der Waals surface area (Å²) < 4.78 is 69.3. The molecule has 0 spiro atoms. The first-order chi connectivity index (χ1) is 9.38. The Bertz CT molecular complexity index is 695. The Morgan fingerprint density at radius 3 is 1.95 bits per heavy atom. The number of hydrogen-bond donors (Lipinski definition) is 1. The first kappa shape index (κ1) is 17.8. The molecule has 120 valence electrons. The van der Waals surface area contributed by atoms with E-state index in [2.05, 4.69) is 5.32 Å². The van der Waals surface area contributed by atoms with E-state index in [0.717, 1.165) is 18.4 Å². The highest BCUT2D eigenvalue weighted by molar-refractivity contribution is 7.92. The van der Waals surface area contributed by atoms with Crippen LogP contribution in [0.5, 0.6) is 0 Å². The van der Waals surface area contributed by atoms with E-state index in [9.17, 15) is 25.6 Å². The standard InChI is InChI=1S/C12H17F2NO4S2/c1-12(2,20(3,16)17)8-15-9-4-6-10(7-5-9)21(18,19)11(13)14/h4-7,11,15H,8H2,1-3H3. The number of halogens is 2. The highest BCUT2D eigenvalue weighted by atomic mass is 32.2. The average Bonchev–Trinajstić information content (AvgIpc) is 2.35. The Hall–Kier alpha value is -1.22. The molecule has 21 heavy (non-hydrogen) atoms. The van der Waals surface area contributed by atoms with Crippen LogP contribution < -0.4 is 5.32 Å². The fraction of sp³-hybridized carbons (Fsp3) is 0.500. The van der Waals surface area contributed by atoms with Crippen molar-refractivity contribution >= 4 is 25.4 Å². The van der Waals surface area contributed by atoms with Crippen molar-refractivity contribution in [2.45, 2.75) is 29.2 Å². The molecule has 0 atom stereocenters. The summed E-state index contributed by atoms with van der Waals surface area (Å²) in [6.45, 7) is 3.20. The number of sulfone groups is 2. The second kappa shape index (κ2) is 5.88. The molecule has 0 fully saturated rings. The van der Waals surface area contributed by atoms with E-state index in [1.807, 2.05) is 0 Å². The molecule has 1 N–H and O–H groups in total. The third kappa shape index (κ3) is 4.13. The fourth-order valence-electron chi connectivity index (χ4n) is 1.31. The molecule has 1 rings (SSSR count). The zero-order chi connectivity index (χ0) is 16.5. The summed E-state index contributed by atoms with van der Waals surface area (Å²) in [5.74, 6) is -3.47. The molecule has 1 aromatic carbocycles. The predicted molar refractivity (Wildman–Crippen MR) is 77.0 cm³/mol. The summed E-state index contributed by atoms with van der Waals surface area (Å²) in [4.78, 5) is -0.481. The number of anilines is 1. The lowest BCUT2D eigenvalue weighted by molar-refractivity contribution is 0.234. The zero-order valence-electron chi connectivity index (χ0n) is 11.8. The van der Waals surface area contributed by atoms with Gasteiger partial charge in [0.2, 0.25) is 9.84 Å². The SMILES string of the molecule is CC(C)(CNc1ccc(S(=O)(=O)C(F)F)cc1)S(C)(=O)=O. The van der Waals surface area contributed by atoms with Crippen LogP contribution in [0.3, 0.4) is 0 Å². The first-order valence-corrected chi connectivity index (χ1v) is 9.37. The van der Waals surface area contributed by atoms with Crippen LogP contribution in [-0.4, -0.2) is 40.1 Å². The second-order valence-electron chi connectivity index (χ2n) is 5.22. The van der Waals surface area contributed by atoms with E-state index in [-0.39, 0.29) is 6.54 Å². The predicted octanol–water partition coefficient (Wildman–Crippen LogP) is 1.92.